The number of nitrogens with zero attached hydrogens (tertiary/aromatic N) is 2. The number of carbonyl (C=O) groups excluding carboxylic acids is 1. The minimum Gasteiger partial charge on any atom is -0.362 e. The summed E-state index contributed by atoms with van der Waals surface area (Å²) in [6.45, 7) is 5.02. The Morgan fingerprint density at radius 2 is 2.20 bits per heavy atom. The first-order valence-electron chi connectivity index (χ1n) is 7.38. The quantitative estimate of drug-likeness (QED) is 0.886. The Morgan fingerprint density at radius 1 is 1.45 bits per heavy atom. The zero-order valence-electron chi connectivity index (χ0n) is 12.5. The van der Waals surface area contributed by atoms with E-state index in [0.29, 0.717) is 19.0 Å². The van der Waals surface area contributed by atoms with E-state index in [1.54, 1.807) is 4.90 Å². The first kappa shape index (κ1) is 14.9. The summed E-state index contributed by atoms with van der Waals surface area (Å²) in [5, 5.41) is 0. The van der Waals surface area contributed by atoms with Crippen LogP contribution in [0.15, 0.2) is 24.3 Å². The molecule has 0 spiro atoms. The van der Waals surface area contributed by atoms with Crippen molar-refractivity contribution >= 4 is 11.6 Å². The van der Waals surface area contributed by atoms with Crippen LogP contribution in [0, 0.1) is 5.92 Å². The van der Waals surface area contributed by atoms with Gasteiger partial charge >= 0.3 is 0 Å². The van der Waals surface area contributed by atoms with Gasteiger partial charge in [0.1, 0.15) is 0 Å². The number of para-hydroxylation sites is 1. The Labute approximate surface area is 121 Å². The van der Waals surface area contributed by atoms with Crippen molar-refractivity contribution in [3.63, 3.8) is 0 Å². The molecule has 20 heavy (non-hydrogen) atoms. The molecule has 2 N–H and O–H groups in total. The smallest absolute Gasteiger partial charge is 0.241 e. The Hall–Kier alpha value is -1.55. The van der Waals surface area contributed by atoms with Crippen LogP contribution in [-0.4, -0.2) is 44.0 Å². The number of rotatable bonds is 5. The molecule has 1 aliphatic rings. The number of fused-ring (bicyclic) bond motifs is 1. The van der Waals surface area contributed by atoms with Crippen LogP contribution in [0.5, 0.6) is 0 Å². The van der Waals surface area contributed by atoms with Gasteiger partial charge in [0.05, 0.1) is 6.54 Å². The number of benzene rings is 1. The summed E-state index contributed by atoms with van der Waals surface area (Å²) in [5.41, 5.74) is 8.06. The number of nitrogens with two attached hydrogens (primary N) is 1. The van der Waals surface area contributed by atoms with Crippen molar-refractivity contribution in [2.45, 2.75) is 19.8 Å². The van der Waals surface area contributed by atoms with Crippen LogP contribution in [0.1, 0.15) is 18.9 Å². The third kappa shape index (κ3) is 3.51. The van der Waals surface area contributed by atoms with Crippen molar-refractivity contribution in [3.05, 3.63) is 29.8 Å². The van der Waals surface area contributed by atoms with E-state index in [-0.39, 0.29) is 5.91 Å². The Balaban J connectivity index is 2.04. The summed E-state index contributed by atoms with van der Waals surface area (Å²) in [6, 6.07) is 8.41. The maximum Gasteiger partial charge on any atom is 0.241 e. The third-order valence-electron chi connectivity index (χ3n) is 3.88. The molecule has 2 rings (SSSR count). The van der Waals surface area contributed by atoms with Gasteiger partial charge in [-0.3, -0.25) is 4.79 Å². The van der Waals surface area contributed by atoms with Gasteiger partial charge in [0, 0.05) is 25.8 Å². The van der Waals surface area contributed by atoms with E-state index in [0.717, 1.165) is 25.9 Å². The second kappa shape index (κ2) is 6.75. The molecule has 1 amide bonds. The number of hydrogen-bond donors (Lipinski definition) is 1. The van der Waals surface area contributed by atoms with Gasteiger partial charge in [-0.15, -0.1) is 0 Å². The van der Waals surface area contributed by atoms with E-state index in [1.165, 1.54) is 11.3 Å². The second-order valence-electron chi connectivity index (χ2n) is 5.78. The molecular weight excluding hydrogens is 250 g/mol. The fourth-order valence-corrected chi connectivity index (χ4v) is 2.79. The largest absolute Gasteiger partial charge is 0.362 e. The molecule has 4 nitrogen and oxygen atoms in total. The Morgan fingerprint density at radius 3 is 2.95 bits per heavy atom. The predicted molar refractivity (Wildman–Crippen MR) is 82.8 cm³/mol. The third-order valence-corrected chi connectivity index (χ3v) is 3.88. The number of hydrogen-bond acceptors (Lipinski definition) is 3. The highest BCUT2D eigenvalue weighted by Gasteiger charge is 2.23. The lowest BCUT2D eigenvalue weighted by Gasteiger charge is -2.35. The van der Waals surface area contributed by atoms with Crippen molar-refractivity contribution in [1.82, 2.24) is 4.90 Å². The van der Waals surface area contributed by atoms with Gasteiger partial charge in [0.25, 0.3) is 0 Å². The monoisotopic (exact) mass is 275 g/mol. The summed E-state index contributed by atoms with van der Waals surface area (Å²) in [6.07, 6.45) is 1.96. The molecule has 0 aliphatic carbocycles. The van der Waals surface area contributed by atoms with Gasteiger partial charge in [-0.1, -0.05) is 25.1 Å². The minimum absolute atomic E-state index is 0.169. The van der Waals surface area contributed by atoms with Crippen LogP contribution in [0.3, 0.4) is 0 Å². The van der Waals surface area contributed by atoms with Gasteiger partial charge in [-0.2, -0.15) is 0 Å². The van der Waals surface area contributed by atoms with Crippen molar-refractivity contribution in [3.8, 4) is 0 Å². The fraction of sp³-hybridized carbons (Fsp3) is 0.562. The summed E-state index contributed by atoms with van der Waals surface area (Å²) in [4.78, 5) is 16.3. The highest BCUT2D eigenvalue weighted by Crippen LogP contribution is 2.29. The van der Waals surface area contributed by atoms with Gasteiger partial charge in [-0.05, 0) is 36.9 Å². The summed E-state index contributed by atoms with van der Waals surface area (Å²) < 4.78 is 0. The van der Waals surface area contributed by atoms with E-state index in [2.05, 4.69) is 30.0 Å². The first-order chi connectivity index (χ1) is 9.61. The van der Waals surface area contributed by atoms with Gasteiger partial charge < -0.3 is 15.5 Å². The fourth-order valence-electron chi connectivity index (χ4n) is 2.79. The van der Waals surface area contributed by atoms with Crippen LogP contribution < -0.4 is 10.6 Å². The Kier molecular flexibility index (Phi) is 5.01. The summed E-state index contributed by atoms with van der Waals surface area (Å²) >= 11 is 0. The highest BCUT2D eigenvalue weighted by molar-refractivity contribution is 5.81. The lowest BCUT2D eigenvalue weighted by molar-refractivity contribution is -0.128. The summed E-state index contributed by atoms with van der Waals surface area (Å²) in [5.74, 6) is 0.759. The lowest BCUT2D eigenvalue weighted by Crippen LogP contribution is -2.43. The molecule has 4 heteroatoms. The maximum atomic E-state index is 12.3. The minimum atomic E-state index is 0.169. The first-order valence-corrected chi connectivity index (χ1v) is 7.38. The standard InChI is InChI=1S/C16H25N3O/c1-13-10-14-6-3-4-7-15(14)19(11-13)12-16(20)18(2)9-5-8-17/h3-4,6-7,13H,5,8-12,17H2,1-2H3. The van der Waals surface area contributed by atoms with E-state index in [9.17, 15) is 4.79 Å². The molecule has 1 aromatic rings. The average Bonchev–Trinajstić information content (AvgIpc) is 2.44. The molecule has 1 aliphatic heterocycles. The zero-order valence-corrected chi connectivity index (χ0v) is 12.5. The highest BCUT2D eigenvalue weighted by atomic mass is 16.2. The molecule has 0 saturated heterocycles. The number of anilines is 1. The zero-order chi connectivity index (χ0) is 14.5. The van der Waals surface area contributed by atoms with Gasteiger partial charge in [-0.25, -0.2) is 0 Å². The molecule has 0 radical (unpaired) electrons. The SMILES string of the molecule is CC1Cc2ccccc2N(CC(=O)N(C)CCCN)C1. The molecule has 0 bridgehead atoms. The molecular formula is C16H25N3O. The number of carbonyl (C=O) groups is 1. The molecule has 1 unspecified atom stereocenters. The van der Waals surface area contributed by atoms with Crippen molar-refractivity contribution in [2.75, 3.05) is 38.1 Å². The molecule has 0 saturated carbocycles. The average molecular weight is 275 g/mol. The molecule has 1 atom stereocenters. The van der Waals surface area contributed by atoms with E-state index < -0.39 is 0 Å². The summed E-state index contributed by atoms with van der Waals surface area (Å²) in [7, 11) is 1.86. The topological polar surface area (TPSA) is 49.6 Å². The van der Waals surface area contributed by atoms with Crippen LogP contribution in [-0.2, 0) is 11.2 Å². The van der Waals surface area contributed by atoms with E-state index >= 15 is 0 Å². The Bertz CT molecular complexity index is 461. The van der Waals surface area contributed by atoms with Crippen LogP contribution >= 0.6 is 0 Å². The maximum absolute atomic E-state index is 12.3. The molecule has 0 aromatic heterocycles. The van der Waals surface area contributed by atoms with Crippen molar-refractivity contribution in [2.24, 2.45) is 11.7 Å². The molecule has 0 fully saturated rings. The van der Waals surface area contributed by atoms with E-state index in [1.807, 2.05) is 13.1 Å². The predicted octanol–water partition coefficient (Wildman–Crippen LogP) is 1.49. The number of likely N-dealkylation sites (N-methyl/N-ethyl adjacent to an activating group) is 1. The molecule has 1 heterocycles. The van der Waals surface area contributed by atoms with Crippen LogP contribution in [0.4, 0.5) is 5.69 Å². The van der Waals surface area contributed by atoms with Crippen molar-refractivity contribution in [1.29, 1.82) is 0 Å². The van der Waals surface area contributed by atoms with E-state index in [4.69, 9.17) is 5.73 Å². The second-order valence-corrected chi connectivity index (χ2v) is 5.78. The molecule has 1 aromatic carbocycles. The van der Waals surface area contributed by atoms with Gasteiger partial charge in [0.2, 0.25) is 5.91 Å². The van der Waals surface area contributed by atoms with Crippen LogP contribution in [0.25, 0.3) is 0 Å². The molecule has 110 valence electrons. The number of amides is 1. The van der Waals surface area contributed by atoms with Gasteiger partial charge in [0.15, 0.2) is 0 Å². The van der Waals surface area contributed by atoms with Crippen molar-refractivity contribution < 1.29 is 4.79 Å². The lowest BCUT2D eigenvalue weighted by atomic mass is 9.94. The normalized spacial score (nSPS) is 17.8. The van der Waals surface area contributed by atoms with Crippen LogP contribution in [0.2, 0.25) is 0 Å².